The normalized spacial score (nSPS) is 22.3. The second-order valence-electron chi connectivity index (χ2n) is 8.06. The predicted octanol–water partition coefficient (Wildman–Crippen LogP) is 4.56. The van der Waals surface area contributed by atoms with Crippen molar-refractivity contribution >= 4 is 0 Å². The predicted molar refractivity (Wildman–Crippen MR) is 101 cm³/mol. The van der Waals surface area contributed by atoms with Gasteiger partial charge in [-0.05, 0) is 106 Å². The molecule has 1 aliphatic carbocycles. The number of hydrogen-bond donors (Lipinski definition) is 0. The first-order valence-corrected chi connectivity index (χ1v) is 10.0. The van der Waals surface area contributed by atoms with E-state index in [9.17, 15) is 0 Å². The highest BCUT2D eigenvalue weighted by atomic mass is 16.5. The van der Waals surface area contributed by atoms with Crippen LogP contribution in [0.3, 0.4) is 0 Å². The Bertz CT molecular complexity index is 277. The van der Waals surface area contributed by atoms with E-state index in [4.69, 9.17) is 4.74 Å². The maximum absolute atomic E-state index is 5.49. The van der Waals surface area contributed by atoms with Crippen LogP contribution in [-0.2, 0) is 4.74 Å². The first-order valence-electron chi connectivity index (χ1n) is 10.0. The number of ether oxygens (including phenoxy) is 1. The van der Waals surface area contributed by atoms with Gasteiger partial charge in [-0.1, -0.05) is 0 Å². The van der Waals surface area contributed by atoms with Crippen molar-refractivity contribution in [2.45, 2.75) is 104 Å². The zero-order chi connectivity index (χ0) is 17.2. The van der Waals surface area contributed by atoms with Crippen LogP contribution in [0.5, 0.6) is 0 Å². The summed E-state index contributed by atoms with van der Waals surface area (Å²) in [5.41, 5.74) is 0. The first kappa shape index (κ1) is 20.9. The molecule has 3 rings (SSSR count). The van der Waals surface area contributed by atoms with Gasteiger partial charge in [0.1, 0.15) is 0 Å². The van der Waals surface area contributed by atoms with Crippen molar-refractivity contribution in [2.24, 2.45) is 0 Å². The van der Waals surface area contributed by atoms with Crippen molar-refractivity contribution in [3.05, 3.63) is 0 Å². The molecule has 0 spiro atoms. The van der Waals surface area contributed by atoms with Crippen LogP contribution in [0.15, 0.2) is 0 Å². The smallest absolute Gasteiger partial charge is 0.0578 e. The molecule has 3 fully saturated rings. The lowest BCUT2D eigenvalue weighted by atomic mass is 9.96. The summed E-state index contributed by atoms with van der Waals surface area (Å²) in [6.45, 7) is 18.6. The Morgan fingerprint density at radius 2 is 1.09 bits per heavy atom. The molecule has 3 nitrogen and oxygen atoms in total. The van der Waals surface area contributed by atoms with Gasteiger partial charge in [-0.3, -0.25) is 0 Å². The highest BCUT2D eigenvalue weighted by molar-refractivity contribution is 4.71. The molecule has 3 heteroatoms. The van der Waals surface area contributed by atoms with Crippen LogP contribution < -0.4 is 0 Å². The molecule has 0 atom stereocenters. The minimum Gasteiger partial charge on any atom is -0.376 e. The average molecular weight is 327 g/mol. The van der Waals surface area contributed by atoms with Gasteiger partial charge >= 0.3 is 0 Å². The fourth-order valence-electron chi connectivity index (χ4n) is 3.01. The van der Waals surface area contributed by atoms with Crippen molar-refractivity contribution in [1.82, 2.24) is 9.80 Å². The SMILES string of the molecule is CC(C)N1CCC1.CC(C)N1CCCC1.CC(C)OC1CCC1. The molecule has 2 saturated heterocycles. The Morgan fingerprint density at radius 3 is 1.22 bits per heavy atom. The maximum Gasteiger partial charge on any atom is 0.0578 e. The molecule has 1 saturated carbocycles. The topological polar surface area (TPSA) is 15.7 Å². The summed E-state index contributed by atoms with van der Waals surface area (Å²) in [7, 11) is 0. The molecule has 0 aromatic carbocycles. The van der Waals surface area contributed by atoms with Crippen LogP contribution in [0.2, 0.25) is 0 Å². The summed E-state index contributed by atoms with van der Waals surface area (Å²) < 4.78 is 5.49. The second-order valence-corrected chi connectivity index (χ2v) is 8.06. The summed E-state index contributed by atoms with van der Waals surface area (Å²) in [6.07, 6.45) is 9.23. The Labute approximate surface area is 145 Å². The summed E-state index contributed by atoms with van der Waals surface area (Å²) in [6, 6.07) is 1.56. The molecule has 0 aromatic rings. The van der Waals surface area contributed by atoms with Gasteiger partial charge in [-0.2, -0.15) is 0 Å². The van der Waals surface area contributed by atoms with E-state index in [0.29, 0.717) is 12.2 Å². The van der Waals surface area contributed by atoms with Gasteiger partial charge < -0.3 is 14.5 Å². The van der Waals surface area contributed by atoms with E-state index in [1.54, 1.807) is 0 Å². The van der Waals surface area contributed by atoms with Crippen LogP contribution >= 0.6 is 0 Å². The molecular formula is C20H42N2O. The van der Waals surface area contributed by atoms with E-state index in [1.165, 1.54) is 64.7 Å². The Morgan fingerprint density at radius 1 is 0.652 bits per heavy atom. The fraction of sp³-hybridized carbons (Fsp3) is 1.00. The molecule has 3 aliphatic rings. The lowest BCUT2D eigenvalue weighted by molar-refractivity contribution is -0.0347. The van der Waals surface area contributed by atoms with E-state index in [-0.39, 0.29) is 0 Å². The van der Waals surface area contributed by atoms with E-state index in [0.717, 1.165) is 12.1 Å². The number of likely N-dealkylation sites (tertiary alicyclic amines) is 2. The standard InChI is InChI=1S/C7H15N.C7H14O.C6H13N/c1-7(2)8-5-3-4-6-8;1-6(2)8-7-4-3-5-7;1-6(2)7-4-3-5-7/h7H,3-6H2,1-2H3;6-7H,3-5H2,1-2H3;6H,3-5H2,1-2H3. The largest absolute Gasteiger partial charge is 0.376 e. The molecular weight excluding hydrogens is 284 g/mol. The Balaban J connectivity index is 0.000000173. The zero-order valence-corrected chi connectivity index (χ0v) is 16.7. The van der Waals surface area contributed by atoms with Crippen molar-refractivity contribution in [3.8, 4) is 0 Å². The van der Waals surface area contributed by atoms with Crippen LogP contribution in [0.1, 0.15) is 80.1 Å². The fourth-order valence-corrected chi connectivity index (χ4v) is 3.01. The Hall–Kier alpha value is -0.120. The van der Waals surface area contributed by atoms with E-state index in [1.807, 2.05) is 0 Å². The summed E-state index contributed by atoms with van der Waals surface area (Å²) in [5.74, 6) is 0. The monoisotopic (exact) mass is 326 g/mol. The molecule has 23 heavy (non-hydrogen) atoms. The van der Waals surface area contributed by atoms with Crippen molar-refractivity contribution in [1.29, 1.82) is 0 Å². The lowest BCUT2D eigenvalue weighted by Gasteiger charge is -2.34. The van der Waals surface area contributed by atoms with Gasteiger partial charge in [0.25, 0.3) is 0 Å². The number of hydrogen-bond acceptors (Lipinski definition) is 3. The van der Waals surface area contributed by atoms with Gasteiger partial charge in [0.05, 0.1) is 12.2 Å². The number of rotatable bonds is 4. The zero-order valence-electron chi connectivity index (χ0n) is 16.7. The summed E-state index contributed by atoms with van der Waals surface area (Å²) in [4.78, 5) is 5.00. The highest BCUT2D eigenvalue weighted by Gasteiger charge is 2.18. The van der Waals surface area contributed by atoms with Crippen LogP contribution in [-0.4, -0.2) is 60.3 Å². The molecule has 0 aromatic heterocycles. The minimum absolute atomic E-state index is 0.431. The van der Waals surface area contributed by atoms with Crippen LogP contribution in [0, 0.1) is 0 Å². The third-order valence-electron chi connectivity index (χ3n) is 5.01. The molecule has 0 radical (unpaired) electrons. The second kappa shape index (κ2) is 11.4. The molecule has 0 unspecified atom stereocenters. The van der Waals surface area contributed by atoms with Gasteiger partial charge in [-0.15, -0.1) is 0 Å². The third kappa shape index (κ3) is 9.07. The van der Waals surface area contributed by atoms with Gasteiger partial charge in [-0.25, -0.2) is 0 Å². The van der Waals surface area contributed by atoms with E-state index >= 15 is 0 Å². The maximum atomic E-state index is 5.49. The van der Waals surface area contributed by atoms with Gasteiger partial charge in [0.2, 0.25) is 0 Å². The number of nitrogens with zero attached hydrogens (tertiary/aromatic N) is 2. The average Bonchev–Trinajstić information content (AvgIpc) is 2.86. The Kier molecular flexibility index (Phi) is 10.4. The van der Waals surface area contributed by atoms with Gasteiger partial charge in [0.15, 0.2) is 0 Å². The molecule has 2 aliphatic heterocycles. The van der Waals surface area contributed by atoms with Crippen molar-refractivity contribution in [3.63, 3.8) is 0 Å². The van der Waals surface area contributed by atoms with Crippen LogP contribution in [0.4, 0.5) is 0 Å². The minimum atomic E-state index is 0.431. The quantitative estimate of drug-likeness (QED) is 0.753. The summed E-state index contributed by atoms with van der Waals surface area (Å²) >= 11 is 0. The molecule has 0 amide bonds. The van der Waals surface area contributed by atoms with Crippen molar-refractivity contribution in [2.75, 3.05) is 26.2 Å². The first-order chi connectivity index (χ1) is 10.9. The van der Waals surface area contributed by atoms with E-state index in [2.05, 4.69) is 51.3 Å². The van der Waals surface area contributed by atoms with Crippen LogP contribution in [0.25, 0.3) is 0 Å². The molecule has 2 heterocycles. The van der Waals surface area contributed by atoms with Crippen molar-refractivity contribution < 1.29 is 4.74 Å². The molecule has 0 bridgehead atoms. The summed E-state index contributed by atoms with van der Waals surface area (Å²) in [5, 5.41) is 0. The molecule has 0 N–H and O–H groups in total. The molecule has 138 valence electrons. The van der Waals surface area contributed by atoms with Gasteiger partial charge in [0, 0.05) is 12.1 Å². The van der Waals surface area contributed by atoms with E-state index < -0.39 is 0 Å². The highest BCUT2D eigenvalue weighted by Crippen LogP contribution is 2.22. The third-order valence-corrected chi connectivity index (χ3v) is 5.01. The lowest BCUT2D eigenvalue weighted by Crippen LogP contribution is -2.41.